The van der Waals surface area contributed by atoms with Crippen LogP contribution in [0, 0.1) is 11.3 Å². The highest BCUT2D eigenvalue weighted by Crippen LogP contribution is 2.38. The van der Waals surface area contributed by atoms with Gasteiger partial charge in [0.1, 0.15) is 6.04 Å². The molecule has 0 aromatic carbocycles. The largest absolute Gasteiger partial charge is 0.468 e. The van der Waals surface area contributed by atoms with Crippen LogP contribution in [0.15, 0.2) is 0 Å². The van der Waals surface area contributed by atoms with Crippen molar-refractivity contribution in [2.24, 2.45) is 17.1 Å². The third kappa shape index (κ3) is 5.77. The Morgan fingerprint density at radius 3 is 2.26 bits per heavy atom. The van der Waals surface area contributed by atoms with Gasteiger partial charge in [-0.2, -0.15) is 0 Å². The number of methoxy groups -OCH3 is 1. The van der Waals surface area contributed by atoms with Crippen LogP contribution >= 0.6 is 0 Å². The fraction of sp³-hybridized carbons (Fsp3) is 0.882. The molecule has 134 valence electrons. The van der Waals surface area contributed by atoms with E-state index in [2.05, 4.69) is 4.74 Å². The average Bonchev–Trinajstić information content (AvgIpc) is 2.56. The lowest BCUT2D eigenvalue weighted by Crippen LogP contribution is -2.46. The Bertz CT molecular complexity index is 390. The molecule has 0 unspecified atom stereocenters. The molecular weight excluding hydrogens is 298 g/mol. The smallest absolute Gasteiger partial charge is 0.325 e. The van der Waals surface area contributed by atoms with Crippen LogP contribution in [-0.2, 0) is 23.8 Å². The van der Waals surface area contributed by atoms with Gasteiger partial charge in [-0.15, -0.1) is 0 Å². The molecule has 0 aromatic rings. The first kappa shape index (κ1) is 19.9. The van der Waals surface area contributed by atoms with Crippen LogP contribution in [0.2, 0.25) is 0 Å². The highest BCUT2D eigenvalue weighted by atomic mass is 16.5. The highest BCUT2D eigenvalue weighted by Gasteiger charge is 2.42. The van der Waals surface area contributed by atoms with Gasteiger partial charge in [-0.25, -0.2) is 0 Å². The minimum absolute atomic E-state index is 0.190. The number of esters is 2. The van der Waals surface area contributed by atoms with E-state index in [0.717, 1.165) is 32.1 Å². The number of rotatable bonds is 8. The molecule has 0 saturated heterocycles. The van der Waals surface area contributed by atoms with Gasteiger partial charge in [0, 0.05) is 0 Å². The summed E-state index contributed by atoms with van der Waals surface area (Å²) in [4.78, 5) is 24.0. The lowest BCUT2D eigenvalue weighted by Gasteiger charge is -2.36. The van der Waals surface area contributed by atoms with E-state index in [4.69, 9.17) is 15.2 Å². The normalized spacial score (nSPS) is 19.9. The fourth-order valence-electron chi connectivity index (χ4n) is 2.75. The quantitative estimate of drug-likeness (QED) is 0.686. The predicted molar refractivity (Wildman–Crippen MR) is 86.7 cm³/mol. The molecule has 0 aromatic heterocycles. The first-order valence-corrected chi connectivity index (χ1v) is 8.44. The van der Waals surface area contributed by atoms with E-state index in [1.54, 1.807) is 6.92 Å². The zero-order valence-corrected chi connectivity index (χ0v) is 14.8. The molecule has 2 N–H and O–H groups in total. The van der Waals surface area contributed by atoms with Gasteiger partial charge in [0.25, 0.3) is 0 Å². The minimum atomic E-state index is -0.854. The zero-order valence-electron chi connectivity index (χ0n) is 14.8. The molecule has 2 atom stereocenters. The monoisotopic (exact) mass is 329 g/mol. The second-order valence-electron chi connectivity index (χ2n) is 6.90. The predicted octanol–water partition coefficient (Wildman–Crippen LogP) is 2.04. The maximum absolute atomic E-state index is 12.6. The zero-order chi connectivity index (χ0) is 17.5. The van der Waals surface area contributed by atoms with Crippen LogP contribution in [-0.4, -0.2) is 44.4 Å². The summed E-state index contributed by atoms with van der Waals surface area (Å²) >= 11 is 0. The number of ether oxygens (including phenoxy) is 3. The summed E-state index contributed by atoms with van der Waals surface area (Å²) in [6.07, 6.45) is 4.08. The van der Waals surface area contributed by atoms with Gasteiger partial charge in [-0.05, 0) is 25.7 Å². The van der Waals surface area contributed by atoms with Crippen LogP contribution < -0.4 is 5.73 Å². The molecule has 1 rings (SSSR count). The average molecular weight is 329 g/mol. The number of hydrogen-bond acceptors (Lipinski definition) is 6. The molecule has 1 fully saturated rings. The van der Waals surface area contributed by atoms with Gasteiger partial charge in [-0.3, -0.25) is 9.59 Å². The summed E-state index contributed by atoms with van der Waals surface area (Å²) in [5.74, 6) is -0.408. The van der Waals surface area contributed by atoms with Crippen molar-refractivity contribution in [1.29, 1.82) is 0 Å². The molecule has 6 heteroatoms. The van der Waals surface area contributed by atoms with E-state index in [0.29, 0.717) is 12.5 Å². The second-order valence-corrected chi connectivity index (χ2v) is 6.90. The van der Waals surface area contributed by atoms with Crippen molar-refractivity contribution in [3.8, 4) is 0 Å². The third-order valence-electron chi connectivity index (χ3n) is 4.39. The summed E-state index contributed by atoms with van der Waals surface area (Å²) in [5.41, 5.74) is 5.17. The Morgan fingerprint density at radius 1 is 1.13 bits per heavy atom. The summed E-state index contributed by atoms with van der Waals surface area (Å²) in [6.45, 7) is 6.38. The molecule has 0 heterocycles. The maximum Gasteiger partial charge on any atom is 0.325 e. The second kappa shape index (κ2) is 9.23. The molecule has 6 nitrogen and oxygen atoms in total. The molecule has 1 aliphatic rings. The molecule has 0 amide bonds. The van der Waals surface area contributed by atoms with Crippen molar-refractivity contribution in [3.05, 3.63) is 0 Å². The van der Waals surface area contributed by atoms with Gasteiger partial charge >= 0.3 is 11.9 Å². The summed E-state index contributed by atoms with van der Waals surface area (Å²) in [5, 5.41) is 0. The standard InChI is InChI=1S/C17H31NO5/c1-12(2)10-22-16(20)17(8-6-5-7-9-17)11-23-13(3)14(18)15(19)21-4/h12-14H,5-11,18H2,1-4H3/t13-,14+/m1/s1. The number of hydrogen-bond donors (Lipinski definition) is 1. The maximum atomic E-state index is 12.6. The van der Waals surface area contributed by atoms with E-state index in [1.807, 2.05) is 13.8 Å². The number of nitrogens with two attached hydrogens (primary N) is 1. The topological polar surface area (TPSA) is 87.9 Å². The van der Waals surface area contributed by atoms with Crippen molar-refractivity contribution in [2.45, 2.75) is 65.0 Å². The lowest BCUT2D eigenvalue weighted by molar-refractivity contribution is -0.166. The van der Waals surface area contributed by atoms with Crippen molar-refractivity contribution in [3.63, 3.8) is 0 Å². The van der Waals surface area contributed by atoms with Gasteiger partial charge in [0.2, 0.25) is 0 Å². The van der Waals surface area contributed by atoms with Gasteiger partial charge in [0.05, 0.1) is 31.8 Å². The molecule has 0 radical (unpaired) electrons. The first-order valence-electron chi connectivity index (χ1n) is 8.44. The number of carbonyl (C=O) groups is 2. The van der Waals surface area contributed by atoms with Gasteiger partial charge < -0.3 is 19.9 Å². The van der Waals surface area contributed by atoms with Gasteiger partial charge in [0.15, 0.2) is 0 Å². The van der Waals surface area contributed by atoms with Crippen LogP contribution in [0.3, 0.4) is 0 Å². The Morgan fingerprint density at radius 2 is 1.74 bits per heavy atom. The Balaban J connectivity index is 2.67. The van der Waals surface area contributed by atoms with Crippen LogP contribution in [0.1, 0.15) is 52.9 Å². The highest BCUT2D eigenvalue weighted by molar-refractivity contribution is 5.77. The molecule has 0 aliphatic heterocycles. The molecular formula is C17H31NO5. The van der Waals surface area contributed by atoms with E-state index in [9.17, 15) is 9.59 Å². The Kier molecular flexibility index (Phi) is 7.99. The molecule has 23 heavy (non-hydrogen) atoms. The fourth-order valence-corrected chi connectivity index (χ4v) is 2.75. The third-order valence-corrected chi connectivity index (χ3v) is 4.39. The summed E-state index contributed by atoms with van der Waals surface area (Å²) in [6, 6.07) is -0.854. The van der Waals surface area contributed by atoms with Gasteiger partial charge in [-0.1, -0.05) is 33.1 Å². The SMILES string of the molecule is COC(=O)[C@@H](N)[C@@H](C)OCC1(C(=O)OCC(C)C)CCCCC1. The molecule has 1 saturated carbocycles. The first-order chi connectivity index (χ1) is 10.8. The minimum Gasteiger partial charge on any atom is -0.468 e. The van der Waals surface area contributed by atoms with E-state index < -0.39 is 23.5 Å². The molecule has 1 aliphatic carbocycles. The molecule has 0 bridgehead atoms. The van der Waals surface area contributed by atoms with Crippen LogP contribution in [0.25, 0.3) is 0 Å². The van der Waals surface area contributed by atoms with Crippen molar-refractivity contribution in [2.75, 3.05) is 20.3 Å². The van der Waals surface area contributed by atoms with Crippen LogP contribution in [0.4, 0.5) is 0 Å². The van der Waals surface area contributed by atoms with Crippen LogP contribution in [0.5, 0.6) is 0 Å². The van der Waals surface area contributed by atoms with E-state index >= 15 is 0 Å². The van der Waals surface area contributed by atoms with E-state index in [1.165, 1.54) is 7.11 Å². The lowest BCUT2D eigenvalue weighted by atomic mass is 9.74. The van der Waals surface area contributed by atoms with Crippen molar-refractivity contribution < 1.29 is 23.8 Å². The molecule has 0 spiro atoms. The van der Waals surface area contributed by atoms with E-state index in [-0.39, 0.29) is 12.6 Å². The Hall–Kier alpha value is -1.14. The summed E-state index contributed by atoms with van der Waals surface area (Å²) in [7, 11) is 1.29. The number of carbonyl (C=O) groups excluding carboxylic acids is 2. The van der Waals surface area contributed by atoms with Crippen molar-refractivity contribution >= 4 is 11.9 Å². The summed E-state index contributed by atoms with van der Waals surface area (Å²) < 4.78 is 15.9. The Labute approximate surface area is 139 Å². The van der Waals surface area contributed by atoms with Crippen molar-refractivity contribution in [1.82, 2.24) is 0 Å².